The van der Waals surface area contributed by atoms with Crippen molar-refractivity contribution in [1.29, 1.82) is 0 Å². The van der Waals surface area contributed by atoms with E-state index in [0.717, 1.165) is 28.9 Å². The Morgan fingerprint density at radius 1 is 1.32 bits per heavy atom. The number of thiazole rings is 1. The Bertz CT molecular complexity index is 1070. The molecule has 3 amide bonds. The summed E-state index contributed by atoms with van der Waals surface area (Å²) in [6, 6.07) is 4.35. The number of imide groups is 1. The van der Waals surface area contributed by atoms with Crippen LogP contribution in [-0.4, -0.2) is 56.6 Å². The molecule has 162 valence electrons. The van der Waals surface area contributed by atoms with Gasteiger partial charge in [0, 0.05) is 29.7 Å². The maximum atomic E-state index is 12.6. The SMILES string of the molecule is CC1CCCCN1Cc1cnc(NC(=O)CN2C(=O)c3cccc([N+](=O)[O-])c3C2=O)s1. The van der Waals surface area contributed by atoms with Crippen LogP contribution >= 0.6 is 11.3 Å². The van der Waals surface area contributed by atoms with Gasteiger partial charge in [-0.2, -0.15) is 0 Å². The number of carbonyl (C=O) groups is 3. The molecule has 10 nitrogen and oxygen atoms in total. The number of likely N-dealkylation sites (tertiary alicyclic amines) is 1. The van der Waals surface area contributed by atoms with Gasteiger partial charge in [-0.15, -0.1) is 11.3 Å². The number of aromatic nitrogens is 1. The van der Waals surface area contributed by atoms with Crippen molar-refractivity contribution >= 4 is 39.9 Å². The Morgan fingerprint density at radius 3 is 2.87 bits per heavy atom. The zero-order valence-corrected chi connectivity index (χ0v) is 17.7. The molecule has 2 aromatic rings. The van der Waals surface area contributed by atoms with E-state index in [9.17, 15) is 24.5 Å². The first-order valence-corrected chi connectivity index (χ1v) is 10.8. The number of nitrogens with zero attached hydrogens (tertiary/aromatic N) is 4. The fourth-order valence-electron chi connectivity index (χ4n) is 3.94. The van der Waals surface area contributed by atoms with Gasteiger partial charge >= 0.3 is 0 Å². The van der Waals surface area contributed by atoms with Gasteiger partial charge in [-0.3, -0.25) is 34.3 Å². The van der Waals surface area contributed by atoms with Gasteiger partial charge in [-0.05, 0) is 32.4 Å². The molecule has 2 aliphatic heterocycles. The van der Waals surface area contributed by atoms with Gasteiger partial charge in [0.2, 0.25) is 5.91 Å². The molecule has 11 heteroatoms. The topological polar surface area (TPSA) is 126 Å². The standard InChI is InChI=1S/C20H21N5O5S/c1-12-5-2-3-8-23(12)10-13-9-21-20(31-13)22-16(26)11-24-18(27)14-6-4-7-15(25(29)30)17(14)19(24)28/h4,6-7,9,12H,2-3,5,8,10-11H2,1H3,(H,21,22,26). The quantitative estimate of drug-likeness (QED) is 0.413. The molecular weight excluding hydrogens is 422 g/mol. The minimum absolute atomic E-state index is 0.0702. The van der Waals surface area contributed by atoms with Crippen molar-refractivity contribution in [2.75, 3.05) is 18.4 Å². The number of piperidine rings is 1. The summed E-state index contributed by atoms with van der Waals surface area (Å²) >= 11 is 1.35. The van der Waals surface area contributed by atoms with Crippen LogP contribution in [0.25, 0.3) is 0 Å². The van der Waals surface area contributed by atoms with Crippen molar-refractivity contribution in [2.45, 2.75) is 38.8 Å². The number of nitro benzene ring substituents is 1. The smallest absolute Gasteiger partial charge is 0.282 e. The average Bonchev–Trinajstić information content (AvgIpc) is 3.27. The fourth-order valence-corrected chi connectivity index (χ4v) is 4.80. The van der Waals surface area contributed by atoms with E-state index in [-0.39, 0.29) is 11.1 Å². The van der Waals surface area contributed by atoms with E-state index in [2.05, 4.69) is 22.1 Å². The summed E-state index contributed by atoms with van der Waals surface area (Å²) in [6.07, 6.45) is 5.29. The first-order chi connectivity index (χ1) is 14.8. The van der Waals surface area contributed by atoms with Gasteiger partial charge in [-0.1, -0.05) is 12.5 Å². The zero-order valence-electron chi connectivity index (χ0n) is 16.9. The molecule has 1 aromatic carbocycles. The third-order valence-corrected chi connectivity index (χ3v) is 6.47. The van der Waals surface area contributed by atoms with Crippen LogP contribution in [0.3, 0.4) is 0 Å². The van der Waals surface area contributed by atoms with E-state index >= 15 is 0 Å². The van der Waals surface area contributed by atoms with Gasteiger partial charge in [0.1, 0.15) is 12.1 Å². The molecule has 31 heavy (non-hydrogen) atoms. The van der Waals surface area contributed by atoms with Crippen LogP contribution in [-0.2, 0) is 11.3 Å². The number of hydrogen-bond acceptors (Lipinski definition) is 8. The van der Waals surface area contributed by atoms with E-state index in [4.69, 9.17) is 0 Å². The lowest BCUT2D eigenvalue weighted by Crippen LogP contribution is -2.37. The number of rotatable bonds is 6. The summed E-state index contributed by atoms with van der Waals surface area (Å²) in [6.45, 7) is 3.46. The fraction of sp³-hybridized carbons (Fsp3) is 0.400. The molecule has 1 atom stereocenters. The Balaban J connectivity index is 1.40. The minimum atomic E-state index is -0.846. The van der Waals surface area contributed by atoms with Crippen molar-refractivity contribution in [1.82, 2.24) is 14.8 Å². The van der Waals surface area contributed by atoms with Crippen LogP contribution in [0, 0.1) is 10.1 Å². The lowest BCUT2D eigenvalue weighted by Gasteiger charge is -2.32. The summed E-state index contributed by atoms with van der Waals surface area (Å²) in [5, 5.41) is 14.2. The van der Waals surface area contributed by atoms with E-state index in [0.29, 0.717) is 11.2 Å². The van der Waals surface area contributed by atoms with Crippen molar-refractivity contribution in [2.24, 2.45) is 0 Å². The largest absolute Gasteiger partial charge is 0.300 e. The Kier molecular flexibility index (Phi) is 5.79. The highest BCUT2D eigenvalue weighted by Gasteiger charge is 2.41. The van der Waals surface area contributed by atoms with Crippen molar-refractivity contribution < 1.29 is 19.3 Å². The third-order valence-electron chi connectivity index (χ3n) is 5.57. The second kappa shape index (κ2) is 8.52. The molecule has 4 rings (SSSR count). The lowest BCUT2D eigenvalue weighted by atomic mass is 10.0. The molecular formula is C20H21N5O5S. The van der Waals surface area contributed by atoms with Crippen LogP contribution in [0.1, 0.15) is 51.8 Å². The number of amides is 3. The molecule has 1 fully saturated rings. The number of hydrogen-bond donors (Lipinski definition) is 1. The molecule has 0 aliphatic carbocycles. The number of nitro groups is 1. The maximum Gasteiger partial charge on any atom is 0.282 e. The Morgan fingerprint density at radius 2 is 2.13 bits per heavy atom. The van der Waals surface area contributed by atoms with Gasteiger partial charge in [0.25, 0.3) is 17.5 Å². The first-order valence-electron chi connectivity index (χ1n) is 9.97. The molecule has 0 spiro atoms. The van der Waals surface area contributed by atoms with Crippen LogP contribution in [0.2, 0.25) is 0 Å². The number of benzene rings is 1. The van der Waals surface area contributed by atoms with Crippen molar-refractivity contribution in [3.8, 4) is 0 Å². The average molecular weight is 443 g/mol. The molecule has 1 N–H and O–H groups in total. The molecule has 0 saturated carbocycles. The van der Waals surface area contributed by atoms with E-state index in [1.54, 1.807) is 6.20 Å². The highest BCUT2D eigenvalue weighted by Crippen LogP contribution is 2.31. The monoisotopic (exact) mass is 443 g/mol. The van der Waals surface area contributed by atoms with Crippen LogP contribution in [0.15, 0.2) is 24.4 Å². The first kappa shape index (κ1) is 21.1. The lowest BCUT2D eigenvalue weighted by molar-refractivity contribution is -0.385. The van der Waals surface area contributed by atoms with E-state index in [1.165, 1.54) is 42.7 Å². The predicted octanol–water partition coefficient (Wildman–Crippen LogP) is 2.66. The van der Waals surface area contributed by atoms with Gasteiger partial charge in [0.15, 0.2) is 5.13 Å². The molecule has 2 aliphatic rings. The second-order valence-corrected chi connectivity index (χ2v) is 8.76. The molecule has 1 saturated heterocycles. The highest BCUT2D eigenvalue weighted by atomic mass is 32.1. The van der Waals surface area contributed by atoms with Gasteiger partial charge < -0.3 is 5.32 Å². The predicted molar refractivity (Wildman–Crippen MR) is 113 cm³/mol. The number of carbonyl (C=O) groups excluding carboxylic acids is 3. The molecule has 0 bridgehead atoms. The van der Waals surface area contributed by atoms with Crippen LogP contribution < -0.4 is 5.32 Å². The molecule has 1 aromatic heterocycles. The van der Waals surface area contributed by atoms with E-state index in [1.807, 2.05) is 0 Å². The zero-order chi connectivity index (χ0) is 22.1. The summed E-state index contributed by atoms with van der Waals surface area (Å²) in [5.74, 6) is -2.16. The Labute approximate surface area is 182 Å². The van der Waals surface area contributed by atoms with Crippen LogP contribution in [0.4, 0.5) is 10.8 Å². The normalized spacial score (nSPS) is 18.9. The summed E-state index contributed by atoms with van der Waals surface area (Å²) in [4.78, 5) is 56.3. The Hall–Kier alpha value is -3.18. The molecule has 1 unspecified atom stereocenters. The maximum absolute atomic E-state index is 12.6. The third kappa shape index (κ3) is 4.19. The van der Waals surface area contributed by atoms with Crippen LogP contribution in [0.5, 0.6) is 0 Å². The van der Waals surface area contributed by atoms with E-state index < -0.39 is 34.9 Å². The highest BCUT2D eigenvalue weighted by molar-refractivity contribution is 7.15. The van der Waals surface area contributed by atoms with Crippen molar-refractivity contribution in [3.05, 3.63) is 50.5 Å². The van der Waals surface area contributed by atoms with Gasteiger partial charge in [0.05, 0.1) is 10.5 Å². The summed E-state index contributed by atoms with van der Waals surface area (Å²) < 4.78 is 0. The van der Waals surface area contributed by atoms with Gasteiger partial charge in [-0.25, -0.2) is 4.98 Å². The number of fused-ring (bicyclic) bond motifs is 1. The molecule has 3 heterocycles. The summed E-state index contributed by atoms with van der Waals surface area (Å²) in [7, 11) is 0. The number of anilines is 1. The second-order valence-electron chi connectivity index (χ2n) is 7.65. The minimum Gasteiger partial charge on any atom is -0.300 e. The van der Waals surface area contributed by atoms with Crippen molar-refractivity contribution in [3.63, 3.8) is 0 Å². The summed E-state index contributed by atoms with van der Waals surface area (Å²) in [5.41, 5.74) is -0.799. The molecule has 0 radical (unpaired) electrons. The number of nitrogens with one attached hydrogen (secondary N) is 1.